The largest absolute Gasteiger partial charge is 0.355 e. The maximum absolute atomic E-state index is 11.7. The molecule has 0 radical (unpaired) electrons. The number of nitrogens with two attached hydrogens (primary N) is 1. The third kappa shape index (κ3) is 6.14. The van der Waals surface area contributed by atoms with Crippen LogP contribution in [0.1, 0.15) is 29.8 Å². The average Bonchev–Trinajstić information content (AvgIpc) is 2.45. The van der Waals surface area contributed by atoms with E-state index in [2.05, 4.69) is 10.6 Å². The van der Waals surface area contributed by atoms with Crippen molar-refractivity contribution < 1.29 is 9.59 Å². The summed E-state index contributed by atoms with van der Waals surface area (Å²) < 4.78 is 0. The van der Waals surface area contributed by atoms with Gasteiger partial charge in [-0.2, -0.15) is 0 Å². The van der Waals surface area contributed by atoms with E-state index in [1.807, 2.05) is 32.0 Å². The van der Waals surface area contributed by atoms with E-state index >= 15 is 0 Å². The number of halogens is 1. The van der Waals surface area contributed by atoms with Gasteiger partial charge in [0.15, 0.2) is 0 Å². The molecule has 2 atom stereocenters. The number of carbonyl (C=O) groups is 2. The Bertz CT molecular complexity index is 478. The fourth-order valence-electron chi connectivity index (χ4n) is 1.74. The lowest BCUT2D eigenvalue weighted by Crippen LogP contribution is -2.39. The van der Waals surface area contributed by atoms with Crippen LogP contribution in [0.2, 0.25) is 0 Å². The summed E-state index contributed by atoms with van der Waals surface area (Å²) in [5.74, 6) is -0.351. The lowest BCUT2D eigenvalue weighted by molar-refractivity contribution is -0.124. The number of amides is 2. The van der Waals surface area contributed by atoms with E-state index in [0.717, 1.165) is 5.56 Å². The molecule has 0 aromatic heterocycles. The van der Waals surface area contributed by atoms with E-state index in [4.69, 9.17) is 5.73 Å². The van der Waals surface area contributed by atoms with Crippen molar-refractivity contribution in [2.75, 3.05) is 13.6 Å². The standard InChI is InChI=1S/C15H23N3O2.ClH/c1-10(11(2)16)14(19)18-8-7-12-5-4-6-13(9-12)15(20)17-3;/h4-6,9-11H,7-8,16H2,1-3H3,(H,17,20)(H,18,19);1H. The zero-order valence-electron chi connectivity index (χ0n) is 12.7. The molecule has 0 aliphatic rings. The molecule has 0 saturated carbocycles. The number of rotatable bonds is 6. The molecule has 5 nitrogen and oxygen atoms in total. The predicted molar refractivity (Wildman–Crippen MR) is 86.6 cm³/mol. The summed E-state index contributed by atoms with van der Waals surface area (Å²) >= 11 is 0. The van der Waals surface area contributed by atoms with Crippen molar-refractivity contribution in [2.45, 2.75) is 26.3 Å². The van der Waals surface area contributed by atoms with Crippen molar-refractivity contribution in [3.63, 3.8) is 0 Å². The number of carbonyl (C=O) groups excluding carboxylic acids is 2. The molecule has 0 fully saturated rings. The molecule has 0 aliphatic carbocycles. The van der Waals surface area contributed by atoms with Crippen LogP contribution in [0, 0.1) is 5.92 Å². The average molecular weight is 314 g/mol. The summed E-state index contributed by atoms with van der Waals surface area (Å²) in [5, 5.41) is 5.44. The van der Waals surface area contributed by atoms with Gasteiger partial charge in [0.05, 0.1) is 0 Å². The summed E-state index contributed by atoms with van der Waals surface area (Å²) in [6, 6.07) is 7.21. The van der Waals surface area contributed by atoms with E-state index in [1.54, 1.807) is 13.1 Å². The fraction of sp³-hybridized carbons (Fsp3) is 0.467. The molecule has 21 heavy (non-hydrogen) atoms. The predicted octanol–water partition coefficient (Wildman–Crippen LogP) is 1.11. The topological polar surface area (TPSA) is 84.2 Å². The van der Waals surface area contributed by atoms with Crippen LogP contribution in [0.25, 0.3) is 0 Å². The second kappa shape index (κ2) is 9.37. The third-order valence-corrected chi connectivity index (χ3v) is 3.33. The number of nitrogens with one attached hydrogen (secondary N) is 2. The molecular weight excluding hydrogens is 290 g/mol. The zero-order chi connectivity index (χ0) is 15.1. The van der Waals surface area contributed by atoms with Crippen molar-refractivity contribution in [3.8, 4) is 0 Å². The Hall–Kier alpha value is -1.59. The minimum absolute atomic E-state index is 0. The van der Waals surface area contributed by atoms with Crippen LogP contribution >= 0.6 is 12.4 Å². The zero-order valence-corrected chi connectivity index (χ0v) is 13.5. The first kappa shape index (κ1) is 19.4. The first-order chi connectivity index (χ1) is 9.45. The Morgan fingerprint density at radius 2 is 1.95 bits per heavy atom. The maximum Gasteiger partial charge on any atom is 0.251 e. The number of benzene rings is 1. The van der Waals surface area contributed by atoms with E-state index in [1.165, 1.54) is 0 Å². The van der Waals surface area contributed by atoms with Crippen LogP contribution in [0.3, 0.4) is 0 Å². The van der Waals surface area contributed by atoms with Gasteiger partial charge < -0.3 is 16.4 Å². The molecule has 1 aromatic rings. The second-order valence-electron chi connectivity index (χ2n) is 4.97. The summed E-state index contributed by atoms with van der Waals surface area (Å²) in [4.78, 5) is 23.3. The summed E-state index contributed by atoms with van der Waals surface area (Å²) in [5.41, 5.74) is 7.32. The van der Waals surface area contributed by atoms with Gasteiger partial charge in [0, 0.05) is 31.1 Å². The van der Waals surface area contributed by atoms with Crippen molar-refractivity contribution in [1.82, 2.24) is 10.6 Å². The Kier molecular flexibility index (Phi) is 8.66. The van der Waals surface area contributed by atoms with E-state index in [-0.39, 0.29) is 36.2 Å². The van der Waals surface area contributed by atoms with Gasteiger partial charge in [0.25, 0.3) is 5.91 Å². The molecule has 0 saturated heterocycles. The van der Waals surface area contributed by atoms with Crippen LogP contribution in [0.15, 0.2) is 24.3 Å². The van der Waals surface area contributed by atoms with Gasteiger partial charge in [-0.3, -0.25) is 9.59 Å². The van der Waals surface area contributed by atoms with Gasteiger partial charge in [-0.05, 0) is 31.0 Å². The molecule has 2 amide bonds. The summed E-state index contributed by atoms with van der Waals surface area (Å²) in [6.45, 7) is 4.16. The van der Waals surface area contributed by atoms with Crippen molar-refractivity contribution in [2.24, 2.45) is 11.7 Å². The normalized spacial score (nSPS) is 12.8. The van der Waals surface area contributed by atoms with Crippen LogP contribution in [-0.4, -0.2) is 31.4 Å². The first-order valence-corrected chi connectivity index (χ1v) is 6.80. The molecule has 4 N–H and O–H groups in total. The minimum Gasteiger partial charge on any atom is -0.355 e. The molecular formula is C15H24ClN3O2. The highest BCUT2D eigenvalue weighted by molar-refractivity contribution is 5.94. The van der Waals surface area contributed by atoms with E-state index in [9.17, 15) is 9.59 Å². The Morgan fingerprint density at radius 3 is 2.52 bits per heavy atom. The molecule has 0 spiro atoms. The van der Waals surface area contributed by atoms with Crippen molar-refractivity contribution >= 4 is 24.2 Å². The van der Waals surface area contributed by atoms with Gasteiger partial charge in [-0.15, -0.1) is 12.4 Å². The second-order valence-corrected chi connectivity index (χ2v) is 4.97. The highest BCUT2D eigenvalue weighted by Crippen LogP contribution is 2.06. The monoisotopic (exact) mass is 313 g/mol. The Labute approximate surface area is 132 Å². The molecule has 0 heterocycles. The third-order valence-electron chi connectivity index (χ3n) is 3.33. The number of hydrogen-bond donors (Lipinski definition) is 3. The van der Waals surface area contributed by atoms with E-state index < -0.39 is 0 Å². The van der Waals surface area contributed by atoms with Crippen LogP contribution in [0.4, 0.5) is 0 Å². The summed E-state index contributed by atoms with van der Waals surface area (Å²) in [6.07, 6.45) is 0.683. The van der Waals surface area contributed by atoms with Gasteiger partial charge in [-0.1, -0.05) is 19.1 Å². The molecule has 6 heteroatoms. The molecule has 2 unspecified atom stereocenters. The SMILES string of the molecule is CNC(=O)c1cccc(CCNC(=O)C(C)C(C)N)c1.Cl. The van der Waals surface area contributed by atoms with Gasteiger partial charge in [-0.25, -0.2) is 0 Å². The van der Waals surface area contributed by atoms with Crippen LogP contribution in [0.5, 0.6) is 0 Å². The molecule has 0 bridgehead atoms. The molecule has 118 valence electrons. The van der Waals surface area contributed by atoms with Gasteiger partial charge in [0.2, 0.25) is 5.91 Å². The molecule has 0 aliphatic heterocycles. The molecule has 1 rings (SSSR count). The minimum atomic E-state index is -0.202. The Morgan fingerprint density at radius 1 is 1.29 bits per heavy atom. The lowest BCUT2D eigenvalue weighted by atomic mass is 10.0. The highest BCUT2D eigenvalue weighted by Gasteiger charge is 2.16. The maximum atomic E-state index is 11.7. The Balaban J connectivity index is 0.00000400. The fourth-order valence-corrected chi connectivity index (χ4v) is 1.74. The van der Waals surface area contributed by atoms with Crippen molar-refractivity contribution in [3.05, 3.63) is 35.4 Å². The lowest BCUT2D eigenvalue weighted by Gasteiger charge is -2.15. The van der Waals surface area contributed by atoms with E-state index in [0.29, 0.717) is 18.5 Å². The summed E-state index contributed by atoms with van der Waals surface area (Å²) in [7, 11) is 1.60. The smallest absolute Gasteiger partial charge is 0.251 e. The first-order valence-electron chi connectivity index (χ1n) is 6.80. The molecule has 1 aromatic carbocycles. The van der Waals surface area contributed by atoms with Gasteiger partial charge >= 0.3 is 0 Å². The highest BCUT2D eigenvalue weighted by atomic mass is 35.5. The van der Waals surface area contributed by atoms with Gasteiger partial charge in [0.1, 0.15) is 0 Å². The number of hydrogen-bond acceptors (Lipinski definition) is 3. The van der Waals surface area contributed by atoms with Crippen molar-refractivity contribution in [1.29, 1.82) is 0 Å². The quantitative estimate of drug-likeness (QED) is 0.735. The van der Waals surface area contributed by atoms with Crippen LogP contribution in [-0.2, 0) is 11.2 Å². The van der Waals surface area contributed by atoms with Crippen LogP contribution < -0.4 is 16.4 Å².